The number of aromatic nitrogens is 2. The van der Waals surface area contributed by atoms with Crippen molar-refractivity contribution in [3.63, 3.8) is 0 Å². The molecule has 0 radical (unpaired) electrons. The molecule has 0 amide bonds. The van der Waals surface area contributed by atoms with Crippen LogP contribution in [-0.2, 0) is 6.54 Å². The maximum Gasteiger partial charge on any atom is 0.123 e. The number of fused-ring (bicyclic) bond motifs is 2. The van der Waals surface area contributed by atoms with Gasteiger partial charge in [-0.1, -0.05) is 30.3 Å². The summed E-state index contributed by atoms with van der Waals surface area (Å²) in [5.74, 6) is 0.968. The molecule has 156 valence electrons. The molecule has 5 rings (SSSR count). The number of benzene rings is 3. The summed E-state index contributed by atoms with van der Waals surface area (Å²) in [6.07, 6.45) is 4.54. The van der Waals surface area contributed by atoms with Crippen molar-refractivity contribution in [3.8, 4) is 5.75 Å². The van der Waals surface area contributed by atoms with Gasteiger partial charge in [-0.05, 0) is 54.8 Å². The highest BCUT2D eigenvalue weighted by atomic mass is 32.2. The van der Waals surface area contributed by atoms with Crippen molar-refractivity contribution < 1.29 is 4.74 Å². The molecule has 4 aromatic rings. The Kier molecular flexibility index (Phi) is 5.51. The lowest BCUT2D eigenvalue weighted by Gasteiger charge is -2.25. The Hall–Kier alpha value is -3.05. The maximum absolute atomic E-state index is 5.67. The summed E-state index contributed by atoms with van der Waals surface area (Å²) in [4.78, 5) is 12.7. The number of ether oxygens (including phenoxy) is 1. The van der Waals surface area contributed by atoms with Crippen LogP contribution >= 0.6 is 11.8 Å². The van der Waals surface area contributed by atoms with Crippen molar-refractivity contribution in [1.29, 1.82) is 0 Å². The number of hydrogen-bond acceptors (Lipinski definition) is 5. The van der Waals surface area contributed by atoms with Crippen LogP contribution in [0.15, 0.2) is 78.0 Å². The zero-order valence-corrected chi connectivity index (χ0v) is 18.6. The summed E-state index contributed by atoms with van der Waals surface area (Å²) in [6, 6.07) is 21.6. The van der Waals surface area contributed by atoms with E-state index in [0.717, 1.165) is 36.3 Å². The Morgan fingerprint density at radius 2 is 1.84 bits per heavy atom. The van der Waals surface area contributed by atoms with E-state index in [0.29, 0.717) is 5.25 Å². The molecule has 3 aromatic carbocycles. The van der Waals surface area contributed by atoms with Gasteiger partial charge < -0.3 is 9.64 Å². The first-order valence-corrected chi connectivity index (χ1v) is 11.4. The Bertz CT molecular complexity index is 1230. The molecule has 0 unspecified atom stereocenters. The molecule has 0 fully saturated rings. The standard InChI is InChI=1S/C26H25N3OS/c1-18-7-10-23-26(15-18)31-25(20-5-3-4-6-24(20)30-2)11-14-29(23)17-19-8-9-21-22(16-19)28-13-12-27-21/h3-10,12-13,15-16,25H,11,14,17H2,1-2H3/t25-/m1/s1. The minimum atomic E-state index is 0.351. The third kappa shape index (κ3) is 4.10. The van der Waals surface area contributed by atoms with E-state index in [4.69, 9.17) is 4.74 Å². The molecule has 0 spiro atoms. The predicted molar refractivity (Wildman–Crippen MR) is 128 cm³/mol. The first-order valence-electron chi connectivity index (χ1n) is 10.6. The third-order valence-corrected chi connectivity index (χ3v) is 7.13. The lowest BCUT2D eigenvalue weighted by Crippen LogP contribution is -2.24. The highest BCUT2D eigenvalue weighted by Crippen LogP contribution is 2.47. The molecule has 1 aliphatic rings. The molecule has 0 N–H and O–H groups in total. The SMILES string of the molecule is COc1ccccc1[C@H]1CCN(Cc2ccc3nccnc3c2)c2ccc(C)cc2S1. The van der Waals surface area contributed by atoms with Gasteiger partial charge in [0.2, 0.25) is 0 Å². The lowest BCUT2D eigenvalue weighted by molar-refractivity contribution is 0.409. The van der Waals surface area contributed by atoms with Gasteiger partial charge in [0.05, 0.1) is 23.8 Å². The van der Waals surface area contributed by atoms with Crippen molar-refractivity contribution in [2.75, 3.05) is 18.6 Å². The van der Waals surface area contributed by atoms with Gasteiger partial charge in [-0.25, -0.2) is 0 Å². The van der Waals surface area contributed by atoms with Crippen LogP contribution in [0, 0.1) is 6.92 Å². The van der Waals surface area contributed by atoms with Crippen LogP contribution in [0.3, 0.4) is 0 Å². The minimum absolute atomic E-state index is 0.351. The van der Waals surface area contributed by atoms with Gasteiger partial charge in [-0.2, -0.15) is 0 Å². The van der Waals surface area contributed by atoms with Crippen LogP contribution < -0.4 is 9.64 Å². The summed E-state index contributed by atoms with van der Waals surface area (Å²) in [7, 11) is 1.76. The van der Waals surface area contributed by atoms with E-state index in [2.05, 4.69) is 76.4 Å². The predicted octanol–water partition coefficient (Wildman–Crippen LogP) is 6.19. The molecular formula is C26H25N3OS. The van der Waals surface area contributed by atoms with Gasteiger partial charge in [-0.3, -0.25) is 9.97 Å². The van der Waals surface area contributed by atoms with Crippen LogP contribution in [0.4, 0.5) is 5.69 Å². The smallest absolute Gasteiger partial charge is 0.123 e. The second kappa shape index (κ2) is 8.60. The molecule has 31 heavy (non-hydrogen) atoms. The molecule has 0 aliphatic carbocycles. The van der Waals surface area contributed by atoms with Crippen LogP contribution in [0.2, 0.25) is 0 Å². The van der Waals surface area contributed by atoms with Crippen molar-refractivity contribution >= 4 is 28.5 Å². The fraction of sp³-hybridized carbons (Fsp3) is 0.231. The summed E-state index contributed by atoms with van der Waals surface area (Å²) in [5.41, 5.74) is 6.98. The lowest BCUT2D eigenvalue weighted by atomic mass is 10.1. The monoisotopic (exact) mass is 427 g/mol. The van der Waals surface area contributed by atoms with Crippen molar-refractivity contribution in [3.05, 3.63) is 89.7 Å². The molecule has 0 bridgehead atoms. The molecular weight excluding hydrogens is 402 g/mol. The van der Waals surface area contributed by atoms with Crippen molar-refractivity contribution in [2.24, 2.45) is 0 Å². The quantitative estimate of drug-likeness (QED) is 0.388. The topological polar surface area (TPSA) is 38.2 Å². The number of nitrogens with zero attached hydrogens (tertiary/aromatic N) is 3. The van der Waals surface area contributed by atoms with Gasteiger partial charge in [0.1, 0.15) is 5.75 Å². The maximum atomic E-state index is 5.67. The highest BCUT2D eigenvalue weighted by Gasteiger charge is 2.25. The first kappa shape index (κ1) is 19.9. The van der Waals surface area contributed by atoms with Gasteiger partial charge in [0.25, 0.3) is 0 Å². The van der Waals surface area contributed by atoms with E-state index in [-0.39, 0.29) is 0 Å². The first-order chi connectivity index (χ1) is 15.2. The van der Waals surface area contributed by atoms with Crippen molar-refractivity contribution in [2.45, 2.75) is 30.0 Å². The summed E-state index contributed by atoms with van der Waals surface area (Å²) in [6.45, 7) is 3.99. The largest absolute Gasteiger partial charge is 0.496 e. The van der Waals surface area contributed by atoms with E-state index in [1.807, 2.05) is 17.8 Å². The molecule has 2 heterocycles. The third-order valence-electron chi connectivity index (χ3n) is 5.78. The zero-order chi connectivity index (χ0) is 21.2. The fourth-order valence-electron chi connectivity index (χ4n) is 4.23. The number of anilines is 1. The molecule has 0 saturated carbocycles. The average molecular weight is 428 g/mol. The molecule has 4 nitrogen and oxygen atoms in total. The highest BCUT2D eigenvalue weighted by molar-refractivity contribution is 7.99. The number of rotatable bonds is 4. The Morgan fingerprint density at radius 3 is 2.71 bits per heavy atom. The number of hydrogen-bond donors (Lipinski definition) is 0. The van der Waals surface area contributed by atoms with Crippen LogP contribution in [0.1, 0.15) is 28.4 Å². The normalized spacial score (nSPS) is 16.1. The number of thioether (sulfide) groups is 1. The number of aryl methyl sites for hydroxylation is 1. The Labute approximate surface area is 187 Å². The molecule has 1 atom stereocenters. The summed E-state index contributed by atoms with van der Waals surface area (Å²) >= 11 is 1.95. The molecule has 1 aromatic heterocycles. The van der Waals surface area contributed by atoms with Crippen LogP contribution in [0.5, 0.6) is 5.75 Å². The zero-order valence-electron chi connectivity index (χ0n) is 17.8. The van der Waals surface area contributed by atoms with E-state index >= 15 is 0 Å². The summed E-state index contributed by atoms with van der Waals surface area (Å²) < 4.78 is 5.67. The fourth-order valence-corrected chi connectivity index (χ4v) is 5.65. The molecule has 0 saturated heterocycles. The Balaban J connectivity index is 1.49. The van der Waals surface area contributed by atoms with E-state index < -0.39 is 0 Å². The Morgan fingerprint density at radius 1 is 1.00 bits per heavy atom. The number of methoxy groups -OCH3 is 1. The summed E-state index contributed by atoms with van der Waals surface area (Å²) in [5, 5.41) is 0.351. The van der Waals surface area contributed by atoms with Gasteiger partial charge in [0, 0.05) is 41.2 Å². The van der Waals surface area contributed by atoms with Gasteiger partial charge in [-0.15, -0.1) is 11.8 Å². The second-order valence-electron chi connectivity index (χ2n) is 7.91. The second-order valence-corrected chi connectivity index (χ2v) is 9.15. The van der Waals surface area contributed by atoms with Crippen LogP contribution in [-0.4, -0.2) is 23.6 Å². The average Bonchev–Trinajstić information content (AvgIpc) is 2.98. The van der Waals surface area contributed by atoms with Gasteiger partial charge >= 0.3 is 0 Å². The minimum Gasteiger partial charge on any atom is -0.496 e. The van der Waals surface area contributed by atoms with Crippen molar-refractivity contribution in [1.82, 2.24) is 9.97 Å². The molecule has 1 aliphatic heterocycles. The van der Waals surface area contributed by atoms with E-state index in [9.17, 15) is 0 Å². The number of para-hydroxylation sites is 1. The van der Waals surface area contributed by atoms with Crippen LogP contribution in [0.25, 0.3) is 11.0 Å². The van der Waals surface area contributed by atoms with E-state index in [1.54, 1.807) is 19.5 Å². The van der Waals surface area contributed by atoms with E-state index in [1.165, 1.54) is 27.3 Å². The molecule has 5 heteroatoms. The van der Waals surface area contributed by atoms with Gasteiger partial charge in [0.15, 0.2) is 0 Å².